The van der Waals surface area contributed by atoms with Gasteiger partial charge in [-0.2, -0.15) is 0 Å². The third-order valence-electron chi connectivity index (χ3n) is 5.23. The summed E-state index contributed by atoms with van der Waals surface area (Å²) in [6.07, 6.45) is 1.72. The van der Waals surface area contributed by atoms with Crippen LogP contribution in [0.4, 0.5) is 0 Å². The molecule has 0 bridgehead atoms. The number of likely N-dealkylation sites (tertiary alicyclic amines) is 1. The zero-order chi connectivity index (χ0) is 20.6. The Morgan fingerprint density at radius 2 is 1.93 bits per heavy atom. The van der Waals surface area contributed by atoms with Crippen molar-refractivity contribution in [2.75, 3.05) is 20.7 Å². The van der Waals surface area contributed by atoms with E-state index < -0.39 is 10.0 Å². The van der Waals surface area contributed by atoms with Crippen LogP contribution in [0.5, 0.6) is 0 Å². The number of para-hydroxylation sites is 2. The molecule has 8 nitrogen and oxygen atoms in total. The molecular weight excluding hydrogens is 392 g/mol. The van der Waals surface area contributed by atoms with E-state index >= 15 is 0 Å². The van der Waals surface area contributed by atoms with E-state index in [4.69, 9.17) is 4.84 Å². The molecule has 1 aliphatic rings. The molecule has 1 aliphatic heterocycles. The van der Waals surface area contributed by atoms with Gasteiger partial charge in [-0.05, 0) is 49.2 Å². The minimum absolute atomic E-state index is 0.0636. The van der Waals surface area contributed by atoms with E-state index in [0.717, 1.165) is 34.2 Å². The van der Waals surface area contributed by atoms with Gasteiger partial charge in [0, 0.05) is 19.2 Å². The lowest BCUT2D eigenvalue weighted by atomic mass is 10.1. The average molecular weight is 414 g/mol. The number of rotatable bonds is 5. The number of hydrogen-bond donors (Lipinski definition) is 1. The first kappa shape index (κ1) is 19.6. The van der Waals surface area contributed by atoms with E-state index in [1.807, 2.05) is 24.3 Å². The molecule has 1 fully saturated rings. The largest absolute Gasteiger partial charge is 0.340 e. The first-order valence-corrected chi connectivity index (χ1v) is 10.7. The van der Waals surface area contributed by atoms with Crippen LogP contribution in [0.2, 0.25) is 0 Å². The minimum atomic E-state index is -3.75. The Balaban J connectivity index is 1.58. The van der Waals surface area contributed by atoms with Crippen LogP contribution < -0.4 is 0 Å². The molecule has 4 rings (SSSR count). The third kappa shape index (κ3) is 3.52. The van der Waals surface area contributed by atoms with E-state index in [1.165, 1.54) is 38.4 Å². The van der Waals surface area contributed by atoms with Crippen molar-refractivity contribution in [2.24, 2.45) is 0 Å². The summed E-state index contributed by atoms with van der Waals surface area (Å²) in [7, 11) is -1.15. The predicted molar refractivity (Wildman–Crippen MR) is 108 cm³/mol. The molecule has 3 aromatic rings. The lowest BCUT2D eigenvalue weighted by Crippen LogP contribution is -2.31. The van der Waals surface area contributed by atoms with Gasteiger partial charge < -0.3 is 9.88 Å². The van der Waals surface area contributed by atoms with Crippen LogP contribution in [0, 0.1) is 0 Å². The minimum Gasteiger partial charge on any atom is -0.340 e. The molecule has 0 radical (unpaired) electrons. The van der Waals surface area contributed by atoms with Crippen molar-refractivity contribution in [3.8, 4) is 0 Å². The van der Waals surface area contributed by atoms with Crippen molar-refractivity contribution in [3.05, 3.63) is 59.9 Å². The van der Waals surface area contributed by atoms with Gasteiger partial charge in [-0.15, -0.1) is 0 Å². The van der Waals surface area contributed by atoms with Crippen molar-refractivity contribution in [3.63, 3.8) is 0 Å². The summed E-state index contributed by atoms with van der Waals surface area (Å²) in [5.74, 6) is 0.634. The Morgan fingerprint density at radius 3 is 2.62 bits per heavy atom. The van der Waals surface area contributed by atoms with Crippen molar-refractivity contribution in [2.45, 2.75) is 23.8 Å². The maximum atomic E-state index is 13.1. The highest BCUT2D eigenvalue weighted by Gasteiger charge is 2.33. The number of carbonyl (C=O) groups is 1. The number of hydroxylamine groups is 1. The Kier molecular flexibility index (Phi) is 5.12. The quantitative estimate of drug-likeness (QED) is 0.648. The molecule has 29 heavy (non-hydrogen) atoms. The van der Waals surface area contributed by atoms with E-state index in [1.54, 1.807) is 4.90 Å². The van der Waals surface area contributed by atoms with Crippen molar-refractivity contribution < 1.29 is 18.0 Å². The van der Waals surface area contributed by atoms with Crippen LogP contribution in [0.15, 0.2) is 53.4 Å². The Labute approximate surface area is 169 Å². The van der Waals surface area contributed by atoms with Crippen LogP contribution in [0.1, 0.15) is 35.1 Å². The van der Waals surface area contributed by atoms with Crippen LogP contribution in [-0.4, -0.2) is 54.4 Å². The van der Waals surface area contributed by atoms with Gasteiger partial charge in [-0.3, -0.25) is 9.63 Å². The van der Waals surface area contributed by atoms with Gasteiger partial charge in [0.2, 0.25) is 0 Å². The van der Waals surface area contributed by atoms with E-state index in [9.17, 15) is 13.2 Å². The number of fused-ring (bicyclic) bond motifs is 1. The van der Waals surface area contributed by atoms with Crippen molar-refractivity contribution in [1.29, 1.82) is 0 Å². The number of nitrogens with zero attached hydrogens (tertiary/aromatic N) is 3. The molecule has 0 spiro atoms. The monoisotopic (exact) mass is 414 g/mol. The second-order valence-electron chi connectivity index (χ2n) is 6.92. The van der Waals surface area contributed by atoms with E-state index in [2.05, 4.69) is 9.97 Å². The molecule has 2 heterocycles. The van der Waals surface area contributed by atoms with Gasteiger partial charge >= 0.3 is 0 Å². The van der Waals surface area contributed by atoms with E-state index in [0.29, 0.717) is 12.1 Å². The zero-order valence-electron chi connectivity index (χ0n) is 16.2. The highest BCUT2D eigenvalue weighted by atomic mass is 32.2. The number of nitrogens with one attached hydrogen (secondary N) is 1. The summed E-state index contributed by atoms with van der Waals surface area (Å²) in [5.41, 5.74) is 2.25. The standard InChI is InChI=1S/C20H22N4O4S/c1-23(28-2)29(26,27)15-11-9-14(10-12-15)20(25)24-13-5-8-18(24)19-21-16-6-3-4-7-17(16)22-19/h3-4,6-7,9-12,18H,5,8,13H2,1-2H3,(H,21,22). The number of H-pyrrole nitrogens is 1. The second-order valence-corrected chi connectivity index (χ2v) is 8.85. The second kappa shape index (κ2) is 7.58. The molecule has 1 atom stereocenters. The average Bonchev–Trinajstić information content (AvgIpc) is 3.39. The molecule has 1 aromatic heterocycles. The van der Waals surface area contributed by atoms with E-state index in [-0.39, 0.29) is 16.8 Å². The summed E-state index contributed by atoms with van der Waals surface area (Å²) < 4.78 is 25.4. The van der Waals surface area contributed by atoms with Crippen LogP contribution >= 0.6 is 0 Å². The zero-order valence-corrected chi connectivity index (χ0v) is 17.0. The number of aromatic amines is 1. The molecule has 9 heteroatoms. The third-order valence-corrected chi connectivity index (χ3v) is 6.93. The van der Waals surface area contributed by atoms with Crippen molar-refractivity contribution in [1.82, 2.24) is 19.3 Å². The van der Waals surface area contributed by atoms with Gasteiger partial charge in [0.1, 0.15) is 5.82 Å². The Hall–Kier alpha value is -2.75. The van der Waals surface area contributed by atoms with Crippen LogP contribution in [0.3, 0.4) is 0 Å². The molecule has 1 amide bonds. The maximum Gasteiger partial charge on any atom is 0.264 e. The SMILES string of the molecule is CON(C)S(=O)(=O)c1ccc(C(=O)N2CCCC2c2nc3ccccc3[nH]2)cc1. The Bertz CT molecular complexity index is 1110. The molecule has 0 saturated carbocycles. The molecule has 1 unspecified atom stereocenters. The fourth-order valence-corrected chi connectivity index (χ4v) is 4.58. The highest BCUT2D eigenvalue weighted by molar-refractivity contribution is 7.89. The number of benzene rings is 2. The molecule has 2 aromatic carbocycles. The van der Waals surface area contributed by atoms with Crippen LogP contribution in [-0.2, 0) is 14.9 Å². The fraction of sp³-hybridized carbons (Fsp3) is 0.300. The van der Waals surface area contributed by atoms with Gasteiger partial charge in [-0.25, -0.2) is 13.4 Å². The molecule has 152 valence electrons. The summed E-state index contributed by atoms with van der Waals surface area (Å²) in [6, 6.07) is 13.6. The summed E-state index contributed by atoms with van der Waals surface area (Å²) in [4.78, 5) is 27.7. The highest BCUT2D eigenvalue weighted by Crippen LogP contribution is 2.32. The smallest absolute Gasteiger partial charge is 0.264 e. The van der Waals surface area contributed by atoms with Gasteiger partial charge in [0.25, 0.3) is 15.9 Å². The topological polar surface area (TPSA) is 95.6 Å². The molecule has 0 aliphatic carbocycles. The first-order valence-electron chi connectivity index (χ1n) is 9.30. The lowest BCUT2D eigenvalue weighted by molar-refractivity contribution is -0.0258. The number of carbonyl (C=O) groups excluding carboxylic acids is 1. The number of imidazole rings is 1. The number of hydrogen-bond acceptors (Lipinski definition) is 5. The van der Waals surface area contributed by atoms with Crippen LogP contribution in [0.25, 0.3) is 11.0 Å². The molecule has 1 saturated heterocycles. The number of sulfonamides is 1. The predicted octanol–water partition coefficient (Wildman–Crippen LogP) is 2.72. The molecule has 1 N–H and O–H groups in total. The number of aromatic nitrogens is 2. The Morgan fingerprint density at radius 1 is 1.21 bits per heavy atom. The summed E-state index contributed by atoms with van der Waals surface area (Å²) in [5, 5.41) is 0. The summed E-state index contributed by atoms with van der Waals surface area (Å²) >= 11 is 0. The fourth-order valence-electron chi connectivity index (χ4n) is 3.61. The first-order chi connectivity index (χ1) is 13.9. The van der Waals surface area contributed by atoms with Crippen molar-refractivity contribution >= 4 is 27.0 Å². The van der Waals surface area contributed by atoms with Gasteiger partial charge in [0.15, 0.2) is 0 Å². The molecular formula is C20H22N4O4S. The van der Waals surface area contributed by atoms with Gasteiger partial charge in [-0.1, -0.05) is 16.6 Å². The normalized spacial score (nSPS) is 17.3. The van der Waals surface area contributed by atoms with Gasteiger partial charge in [0.05, 0.1) is 29.1 Å². The maximum absolute atomic E-state index is 13.1. The lowest BCUT2D eigenvalue weighted by Gasteiger charge is -2.23. The number of amides is 1. The summed E-state index contributed by atoms with van der Waals surface area (Å²) in [6.45, 7) is 0.632.